The summed E-state index contributed by atoms with van der Waals surface area (Å²) in [7, 11) is 1.81. The number of hydrogen-bond donors (Lipinski definition) is 1. The van der Waals surface area contributed by atoms with Gasteiger partial charge < -0.3 is 10.2 Å². The molecule has 1 aliphatic carbocycles. The molecule has 1 aliphatic heterocycles. The maximum atomic E-state index is 13.4. The Hall–Kier alpha value is -4.50. The van der Waals surface area contributed by atoms with E-state index in [4.69, 9.17) is 0 Å². The molecule has 0 bridgehead atoms. The molecule has 9 heteroatoms. The minimum absolute atomic E-state index is 0.124. The van der Waals surface area contributed by atoms with Crippen LogP contribution in [0.15, 0.2) is 36.7 Å². The summed E-state index contributed by atoms with van der Waals surface area (Å²) in [6, 6.07) is 11.7. The van der Waals surface area contributed by atoms with E-state index < -0.39 is 5.41 Å². The number of amides is 2. The molecule has 2 fully saturated rings. The third-order valence-electron chi connectivity index (χ3n) is 6.94. The molecule has 3 heterocycles. The van der Waals surface area contributed by atoms with E-state index in [9.17, 15) is 20.1 Å². The Morgan fingerprint density at radius 1 is 1.19 bits per heavy atom. The van der Waals surface area contributed by atoms with Crippen molar-refractivity contribution in [2.24, 2.45) is 18.4 Å². The van der Waals surface area contributed by atoms with Crippen molar-refractivity contribution in [3.05, 3.63) is 47.9 Å². The van der Waals surface area contributed by atoms with Crippen LogP contribution in [0.25, 0.3) is 22.4 Å². The summed E-state index contributed by atoms with van der Waals surface area (Å²) in [5.41, 5.74) is 3.60. The largest absolute Gasteiger partial charge is 0.326 e. The van der Waals surface area contributed by atoms with Crippen molar-refractivity contribution >= 4 is 23.2 Å². The molecule has 2 amide bonds. The number of nitrogens with one attached hydrogen (secondary N) is 1. The van der Waals surface area contributed by atoms with E-state index in [1.54, 1.807) is 41.0 Å². The zero-order chi connectivity index (χ0) is 25.6. The predicted molar refractivity (Wildman–Crippen MR) is 133 cm³/mol. The first-order chi connectivity index (χ1) is 17.3. The van der Waals surface area contributed by atoms with Crippen molar-refractivity contribution in [2.75, 3.05) is 16.8 Å². The maximum Gasteiger partial charge on any atom is 0.247 e. The summed E-state index contributed by atoms with van der Waals surface area (Å²) in [6.45, 7) is 3.68. The van der Waals surface area contributed by atoms with Crippen LogP contribution >= 0.6 is 0 Å². The lowest BCUT2D eigenvalue weighted by atomic mass is 9.83. The molecule has 0 radical (unpaired) electrons. The Bertz CT molecular complexity index is 1490. The van der Waals surface area contributed by atoms with Gasteiger partial charge in [-0.25, -0.2) is 0 Å². The van der Waals surface area contributed by atoms with Gasteiger partial charge in [-0.1, -0.05) is 0 Å². The zero-order valence-corrected chi connectivity index (χ0v) is 20.4. The van der Waals surface area contributed by atoms with Gasteiger partial charge in [-0.2, -0.15) is 15.6 Å². The lowest BCUT2D eigenvalue weighted by molar-refractivity contribution is -0.123. The van der Waals surface area contributed by atoms with Crippen LogP contribution in [0, 0.1) is 40.9 Å². The minimum Gasteiger partial charge on any atom is -0.326 e. The molecule has 180 valence electrons. The van der Waals surface area contributed by atoms with Gasteiger partial charge in [-0.05, 0) is 61.9 Å². The van der Waals surface area contributed by atoms with E-state index in [1.807, 2.05) is 19.2 Å². The average Bonchev–Trinajstić information content (AvgIpc) is 3.51. The molecule has 2 aromatic heterocycles. The van der Waals surface area contributed by atoms with Crippen molar-refractivity contribution < 1.29 is 9.59 Å². The number of pyridine rings is 1. The highest BCUT2D eigenvalue weighted by molar-refractivity contribution is 6.03. The monoisotopic (exact) mass is 479 g/mol. The van der Waals surface area contributed by atoms with Crippen molar-refractivity contribution in [2.45, 2.75) is 33.1 Å². The van der Waals surface area contributed by atoms with Crippen LogP contribution in [-0.4, -0.2) is 33.1 Å². The van der Waals surface area contributed by atoms with E-state index in [-0.39, 0.29) is 17.7 Å². The lowest BCUT2D eigenvalue weighted by Gasteiger charge is -2.22. The summed E-state index contributed by atoms with van der Waals surface area (Å²) >= 11 is 0. The molecule has 0 spiro atoms. The van der Waals surface area contributed by atoms with Crippen LogP contribution < -0.4 is 10.2 Å². The standard InChI is InChI=1S/C27H25N7O2/c1-16-8-22(34-7-6-27(15-29,26(34)36)21-4-5-21)11-24(31-16)25-19(12-28)9-18(10-23(25)32-17(2)35)20-13-30-33(3)14-20/h8-11,13-14,21H,4-7H2,1-3H3,(H,32,35)/t27-/m1/s1. The van der Waals surface area contributed by atoms with Crippen molar-refractivity contribution in [3.63, 3.8) is 0 Å². The molecular formula is C27H25N7O2. The fourth-order valence-corrected chi connectivity index (χ4v) is 5.10. The topological polar surface area (TPSA) is 128 Å². The molecule has 9 nitrogen and oxygen atoms in total. The van der Waals surface area contributed by atoms with E-state index in [0.29, 0.717) is 46.9 Å². The van der Waals surface area contributed by atoms with Crippen molar-refractivity contribution in [1.29, 1.82) is 10.5 Å². The van der Waals surface area contributed by atoms with Gasteiger partial charge in [0.1, 0.15) is 5.41 Å². The zero-order valence-electron chi connectivity index (χ0n) is 20.4. The van der Waals surface area contributed by atoms with Crippen molar-refractivity contribution in [3.8, 4) is 34.5 Å². The summed E-state index contributed by atoms with van der Waals surface area (Å²) in [5, 5.41) is 27.0. The number of carbonyl (C=O) groups is 2. The second kappa shape index (κ2) is 8.62. The number of nitrogens with zero attached hydrogens (tertiary/aromatic N) is 6. The Labute approximate surface area is 209 Å². The van der Waals surface area contributed by atoms with Gasteiger partial charge in [0, 0.05) is 49.2 Å². The molecule has 1 N–H and O–H groups in total. The fraction of sp³-hybridized carbons (Fsp3) is 0.333. The van der Waals surface area contributed by atoms with Crippen LogP contribution in [0.4, 0.5) is 11.4 Å². The third-order valence-corrected chi connectivity index (χ3v) is 6.94. The minimum atomic E-state index is -0.956. The van der Waals surface area contributed by atoms with E-state index in [0.717, 1.165) is 24.0 Å². The molecule has 3 aromatic rings. The lowest BCUT2D eigenvalue weighted by Crippen LogP contribution is -2.35. The normalized spacial score (nSPS) is 19.1. The van der Waals surface area contributed by atoms with Gasteiger partial charge in [0.05, 0.1) is 35.3 Å². The highest BCUT2D eigenvalue weighted by Gasteiger charge is 2.56. The van der Waals surface area contributed by atoms with Crippen LogP contribution in [0.5, 0.6) is 0 Å². The molecule has 36 heavy (non-hydrogen) atoms. The highest BCUT2D eigenvalue weighted by Crippen LogP contribution is 2.52. The predicted octanol–water partition coefficient (Wildman–Crippen LogP) is 3.94. The first-order valence-electron chi connectivity index (χ1n) is 11.8. The van der Waals surface area contributed by atoms with Gasteiger partial charge in [-0.15, -0.1) is 0 Å². The molecule has 5 rings (SSSR count). The fourth-order valence-electron chi connectivity index (χ4n) is 5.10. The molecule has 1 aromatic carbocycles. The third kappa shape index (κ3) is 3.89. The molecule has 1 saturated heterocycles. The van der Waals surface area contributed by atoms with Crippen LogP contribution in [0.3, 0.4) is 0 Å². The average molecular weight is 480 g/mol. The molecule has 0 unspecified atom stereocenters. The second-order valence-corrected chi connectivity index (χ2v) is 9.56. The summed E-state index contributed by atoms with van der Waals surface area (Å²) in [5.74, 6) is -0.327. The van der Waals surface area contributed by atoms with Gasteiger partial charge >= 0.3 is 0 Å². The van der Waals surface area contributed by atoms with E-state index >= 15 is 0 Å². The second-order valence-electron chi connectivity index (χ2n) is 9.56. The van der Waals surface area contributed by atoms with Crippen LogP contribution in [0.2, 0.25) is 0 Å². The summed E-state index contributed by atoms with van der Waals surface area (Å²) in [6.07, 6.45) is 5.84. The number of hydrogen-bond acceptors (Lipinski definition) is 6. The van der Waals surface area contributed by atoms with E-state index in [2.05, 4.69) is 27.5 Å². The van der Waals surface area contributed by atoms with Crippen LogP contribution in [-0.2, 0) is 16.6 Å². The SMILES string of the molecule is CC(=O)Nc1cc(-c2cnn(C)c2)cc(C#N)c1-c1cc(N2CC[C@@](C#N)(C3CC3)C2=O)cc(C)n1. The molecule has 1 saturated carbocycles. The summed E-state index contributed by atoms with van der Waals surface area (Å²) in [4.78, 5) is 31.8. The van der Waals surface area contributed by atoms with Gasteiger partial charge in [0.15, 0.2) is 0 Å². The Kier molecular flexibility index (Phi) is 5.57. The number of nitriles is 2. The number of anilines is 2. The first kappa shape index (κ1) is 23.3. The van der Waals surface area contributed by atoms with E-state index in [1.165, 1.54) is 6.92 Å². The van der Waals surface area contributed by atoms with Gasteiger partial charge in [0.25, 0.3) is 0 Å². The van der Waals surface area contributed by atoms with Gasteiger partial charge in [-0.3, -0.25) is 19.3 Å². The number of aromatic nitrogens is 3. The molecule has 1 atom stereocenters. The smallest absolute Gasteiger partial charge is 0.247 e. The number of benzene rings is 1. The Morgan fingerprint density at radius 3 is 2.58 bits per heavy atom. The summed E-state index contributed by atoms with van der Waals surface area (Å²) < 4.78 is 1.66. The quantitative estimate of drug-likeness (QED) is 0.590. The van der Waals surface area contributed by atoms with Crippen LogP contribution in [0.1, 0.15) is 37.4 Å². The maximum absolute atomic E-state index is 13.4. The number of aryl methyl sites for hydroxylation is 2. The van der Waals surface area contributed by atoms with Crippen molar-refractivity contribution in [1.82, 2.24) is 14.8 Å². The molecular weight excluding hydrogens is 454 g/mol. The highest BCUT2D eigenvalue weighted by atomic mass is 16.2. The first-order valence-corrected chi connectivity index (χ1v) is 11.8. The molecule has 2 aliphatic rings. The Morgan fingerprint density at radius 2 is 1.97 bits per heavy atom. The number of rotatable bonds is 5. The number of carbonyl (C=O) groups excluding carboxylic acids is 2. The van der Waals surface area contributed by atoms with Gasteiger partial charge in [0.2, 0.25) is 11.8 Å². The Balaban J connectivity index is 1.63.